The number of H-pyrrole nitrogens is 2. The third-order valence-electron chi connectivity index (χ3n) is 13.2. The van der Waals surface area contributed by atoms with Crippen LogP contribution in [0.5, 0.6) is 0 Å². The summed E-state index contributed by atoms with van der Waals surface area (Å²) >= 11 is 0. The van der Waals surface area contributed by atoms with Crippen LogP contribution in [0.4, 0.5) is 0 Å². The lowest BCUT2D eigenvalue weighted by Crippen LogP contribution is -2.66. The van der Waals surface area contributed by atoms with Gasteiger partial charge in [-0.05, 0) is 82.6 Å². The van der Waals surface area contributed by atoms with Gasteiger partial charge in [-0.1, -0.05) is 49.2 Å². The van der Waals surface area contributed by atoms with Gasteiger partial charge in [0.1, 0.15) is 35.7 Å². The van der Waals surface area contributed by atoms with Crippen LogP contribution in [0.2, 0.25) is 0 Å². The van der Waals surface area contributed by atoms with Crippen molar-refractivity contribution in [3.8, 4) is 0 Å². The maximum absolute atomic E-state index is 14.7. The summed E-state index contributed by atoms with van der Waals surface area (Å²) in [6.07, 6.45) is 7.52. The van der Waals surface area contributed by atoms with Gasteiger partial charge in [0, 0.05) is 65.2 Å². The highest BCUT2D eigenvalue weighted by Crippen LogP contribution is 2.37. The van der Waals surface area contributed by atoms with Crippen LogP contribution in [0.3, 0.4) is 0 Å². The molecule has 59 heavy (non-hydrogen) atoms. The van der Waals surface area contributed by atoms with Gasteiger partial charge >= 0.3 is 0 Å². The summed E-state index contributed by atoms with van der Waals surface area (Å²) in [5.74, 6) is -3.03. The zero-order chi connectivity index (χ0) is 41.6. The summed E-state index contributed by atoms with van der Waals surface area (Å²) in [5.41, 5.74) is 7.61. The topological polar surface area (TPSA) is 215 Å². The van der Waals surface area contributed by atoms with E-state index in [9.17, 15) is 28.8 Å². The van der Waals surface area contributed by atoms with E-state index in [-0.39, 0.29) is 25.3 Å². The first kappa shape index (κ1) is 40.1. The second-order valence-corrected chi connectivity index (χ2v) is 17.6. The Morgan fingerprint density at radius 3 is 1.90 bits per heavy atom. The average Bonchev–Trinajstić information content (AvgIpc) is 4.07. The van der Waals surface area contributed by atoms with Gasteiger partial charge in [0.25, 0.3) is 0 Å². The van der Waals surface area contributed by atoms with Gasteiger partial charge in [-0.15, -0.1) is 0 Å². The largest absolute Gasteiger partial charge is 0.361 e. The van der Waals surface area contributed by atoms with Crippen molar-refractivity contribution in [2.24, 2.45) is 5.73 Å². The summed E-state index contributed by atoms with van der Waals surface area (Å²) in [4.78, 5) is 97.3. The van der Waals surface area contributed by atoms with Crippen LogP contribution in [-0.2, 0) is 41.6 Å². The van der Waals surface area contributed by atoms with Crippen molar-refractivity contribution in [1.29, 1.82) is 0 Å². The Morgan fingerprint density at radius 2 is 1.29 bits per heavy atom. The molecule has 15 nitrogen and oxygen atoms in total. The summed E-state index contributed by atoms with van der Waals surface area (Å²) in [6.45, 7) is 5.70. The van der Waals surface area contributed by atoms with Crippen molar-refractivity contribution < 1.29 is 28.8 Å². The maximum Gasteiger partial charge on any atom is 0.247 e. The summed E-state index contributed by atoms with van der Waals surface area (Å²) < 4.78 is 0. The quantitative estimate of drug-likeness (QED) is 0.160. The van der Waals surface area contributed by atoms with Crippen molar-refractivity contribution in [2.75, 3.05) is 6.54 Å². The molecule has 1 saturated carbocycles. The predicted molar refractivity (Wildman–Crippen MR) is 221 cm³/mol. The molecule has 312 valence electrons. The molecule has 6 amide bonds. The number of fused-ring (bicyclic) bond motifs is 4. The van der Waals surface area contributed by atoms with Crippen LogP contribution in [0.15, 0.2) is 60.9 Å². The molecule has 2 aromatic carbocycles. The Kier molecular flexibility index (Phi) is 10.7. The van der Waals surface area contributed by atoms with Gasteiger partial charge in [0.2, 0.25) is 35.4 Å². The van der Waals surface area contributed by atoms with E-state index >= 15 is 0 Å². The first-order valence-corrected chi connectivity index (χ1v) is 21.0. The minimum Gasteiger partial charge on any atom is -0.361 e. The molecular weight excluding hydrogens is 751 g/mol. The van der Waals surface area contributed by atoms with Crippen LogP contribution in [0, 0.1) is 0 Å². The third-order valence-corrected chi connectivity index (χ3v) is 13.2. The van der Waals surface area contributed by atoms with Crippen molar-refractivity contribution in [3.63, 3.8) is 0 Å². The number of hydrogen-bond donors (Lipinski definition) is 7. The molecule has 0 radical (unpaired) electrons. The highest BCUT2D eigenvalue weighted by Gasteiger charge is 2.52. The highest BCUT2D eigenvalue weighted by atomic mass is 16.2. The summed E-state index contributed by atoms with van der Waals surface area (Å²) in [7, 11) is 0. The fourth-order valence-corrected chi connectivity index (χ4v) is 9.89. The van der Waals surface area contributed by atoms with E-state index in [1.54, 1.807) is 18.0 Å². The molecule has 4 fully saturated rings. The number of nitrogens with two attached hydrogens (primary N) is 1. The predicted octanol–water partition coefficient (Wildman–Crippen LogP) is 2.44. The Bertz CT molecular complexity index is 2290. The number of carbonyl (C=O) groups is 6. The van der Waals surface area contributed by atoms with E-state index in [0.29, 0.717) is 51.4 Å². The second kappa shape index (κ2) is 15.8. The van der Waals surface area contributed by atoms with E-state index in [2.05, 4.69) is 31.2 Å². The van der Waals surface area contributed by atoms with E-state index in [4.69, 9.17) is 5.73 Å². The van der Waals surface area contributed by atoms with E-state index in [1.807, 2.05) is 68.6 Å². The highest BCUT2D eigenvalue weighted by molar-refractivity contribution is 6.01. The molecule has 5 heterocycles. The monoisotopic (exact) mass is 805 g/mol. The number of amides is 6. The lowest BCUT2D eigenvalue weighted by molar-refractivity contribution is -0.152. The minimum absolute atomic E-state index is 0.0704. The zero-order valence-corrected chi connectivity index (χ0v) is 33.9. The number of carbonyl (C=O) groups excluding carboxylic acids is 6. The number of nitrogens with zero attached hydrogens (tertiary/aromatic N) is 2. The van der Waals surface area contributed by atoms with Gasteiger partial charge in [0.15, 0.2) is 0 Å². The molecule has 6 atom stereocenters. The third kappa shape index (κ3) is 7.56. The molecule has 1 spiro atoms. The molecular formula is C44H55N9O6. The number of nitrogens with one attached hydrogen (secondary N) is 6. The van der Waals surface area contributed by atoms with Gasteiger partial charge in [-0.3, -0.25) is 28.8 Å². The maximum atomic E-state index is 14.7. The molecule has 1 unspecified atom stereocenters. The van der Waals surface area contributed by atoms with Gasteiger partial charge < -0.3 is 46.8 Å². The fraction of sp³-hybridized carbons (Fsp3) is 0.500. The Labute approximate surface area is 342 Å². The Balaban J connectivity index is 1.20. The van der Waals surface area contributed by atoms with Gasteiger partial charge in [0.05, 0.1) is 0 Å². The van der Waals surface area contributed by atoms with Crippen LogP contribution in [0.25, 0.3) is 21.8 Å². The fourth-order valence-electron chi connectivity index (χ4n) is 9.89. The molecule has 4 aliphatic rings. The average molecular weight is 806 g/mol. The number of benzene rings is 2. The van der Waals surface area contributed by atoms with Crippen LogP contribution in [-0.4, -0.2) is 109 Å². The first-order chi connectivity index (χ1) is 28.3. The van der Waals surface area contributed by atoms with Crippen molar-refractivity contribution in [3.05, 3.63) is 72.1 Å². The molecule has 8 rings (SSSR count). The smallest absolute Gasteiger partial charge is 0.247 e. The molecule has 15 heteroatoms. The van der Waals surface area contributed by atoms with E-state index < -0.39 is 76.9 Å². The number of hydrogen-bond acceptors (Lipinski definition) is 7. The van der Waals surface area contributed by atoms with Crippen LogP contribution >= 0.6 is 0 Å². The normalized spacial score (nSPS) is 27.2. The Morgan fingerprint density at radius 1 is 0.695 bits per heavy atom. The molecule has 8 N–H and O–H groups in total. The van der Waals surface area contributed by atoms with Gasteiger partial charge in [-0.25, -0.2) is 0 Å². The van der Waals surface area contributed by atoms with Crippen LogP contribution in [0.1, 0.15) is 83.3 Å². The molecule has 3 saturated heterocycles. The van der Waals surface area contributed by atoms with Crippen molar-refractivity contribution in [1.82, 2.24) is 41.0 Å². The SMILES string of the molecule is CC(N)[C@@H]1NC(=O)[C@H](Cc2c[nH]c3ccccc23)NC(=O)C2(CCCC2)NC(=O)[C@H](Cc2c[nH]c3ccccc23)NC(=O)[C@@H]2CCC(C)(C)N2C(=O)[C@H]2CCCN2C1=O. The zero-order valence-electron chi connectivity index (χ0n) is 33.9. The molecule has 2 aromatic heterocycles. The first-order valence-electron chi connectivity index (χ1n) is 21.0. The Hall–Kier alpha value is -5.70. The van der Waals surface area contributed by atoms with Crippen molar-refractivity contribution >= 4 is 57.2 Å². The molecule has 1 aliphatic carbocycles. The molecule has 0 bridgehead atoms. The number of rotatable bonds is 5. The minimum atomic E-state index is -1.39. The number of para-hydroxylation sites is 2. The van der Waals surface area contributed by atoms with Crippen LogP contribution < -0.4 is 27.0 Å². The second-order valence-electron chi connectivity index (χ2n) is 17.6. The van der Waals surface area contributed by atoms with Crippen molar-refractivity contribution in [2.45, 2.75) is 132 Å². The summed E-state index contributed by atoms with van der Waals surface area (Å²) in [5, 5.41) is 13.7. The van der Waals surface area contributed by atoms with E-state index in [0.717, 1.165) is 32.9 Å². The lowest BCUT2D eigenvalue weighted by atomic mass is 9.93. The molecule has 3 aliphatic heterocycles. The van der Waals surface area contributed by atoms with Gasteiger partial charge in [-0.2, -0.15) is 0 Å². The van der Waals surface area contributed by atoms with E-state index in [1.165, 1.54) is 4.90 Å². The standard InChI is InChI=1S/C44H55N9O6/c1-25(45)36-41(58)52-20-10-15-35(52)40(57)53-34(16-19-43(53,2)3)39(56)48-33(22-27-24-47-31-14-7-5-12-29(27)31)38(55)51-44(17-8-9-18-44)42(59)49-32(37(54)50-36)21-26-23-46-30-13-6-4-11-28(26)30/h4-7,11-14,23-25,32-36,46-47H,8-10,15-22,45H2,1-3H3,(H,48,56)(H,49,59)(H,50,54)(H,51,55)/t25?,32-,33-,34-,35+,36-/m0/s1. The summed E-state index contributed by atoms with van der Waals surface area (Å²) in [6, 6.07) is 9.15. The number of aromatic nitrogens is 2. The molecule has 4 aromatic rings. The lowest BCUT2D eigenvalue weighted by Gasteiger charge is -2.40. The number of aromatic amines is 2.